The lowest BCUT2D eigenvalue weighted by molar-refractivity contribution is -0.141. The monoisotopic (exact) mass is 220 g/mol. The predicted octanol–water partition coefficient (Wildman–Crippen LogP) is 1.77. The normalized spacial score (nSPS) is 12.2. The van der Waals surface area contributed by atoms with Gasteiger partial charge in [-0.15, -0.1) is 11.3 Å². The zero-order valence-electron chi connectivity index (χ0n) is 6.58. The molecule has 0 aliphatic heterocycles. The van der Waals surface area contributed by atoms with Crippen molar-refractivity contribution in [3.63, 3.8) is 0 Å². The molecule has 7 heteroatoms. The lowest BCUT2D eigenvalue weighted by Crippen LogP contribution is -2.19. The summed E-state index contributed by atoms with van der Waals surface area (Å²) in [6.45, 7) is 0. The average Bonchev–Trinajstić information content (AvgIpc) is 2.47. The number of alkyl halides is 3. The molecule has 0 atom stereocenters. The highest BCUT2D eigenvalue weighted by atomic mass is 32.1. The SMILES string of the molecule is O=c1ccnc2scc(C(F)(F)F)n12. The summed E-state index contributed by atoms with van der Waals surface area (Å²) < 4.78 is 37.6. The van der Waals surface area contributed by atoms with Crippen molar-refractivity contribution in [2.75, 3.05) is 0 Å². The Morgan fingerprint density at radius 1 is 1.43 bits per heavy atom. The van der Waals surface area contributed by atoms with Crippen molar-refractivity contribution in [2.45, 2.75) is 6.18 Å². The van der Waals surface area contributed by atoms with Crippen LogP contribution in [0.5, 0.6) is 0 Å². The predicted molar refractivity (Wildman–Crippen MR) is 44.3 cm³/mol. The fraction of sp³-hybridized carbons (Fsp3) is 0.143. The van der Waals surface area contributed by atoms with Gasteiger partial charge in [0.05, 0.1) is 0 Å². The van der Waals surface area contributed by atoms with Gasteiger partial charge >= 0.3 is 6.18 Å². The second kappa shape index (κ2) is 2.81. The van der Waals surface area contributed by atoms with Crippen LogP contribution in [0.3, 0.4) is 0 Å². The molecule has 0 saturated heterocycles. The quantitative estimate of drug-likeness (QED) is 0.678. The smallest absolute Gasteiger partial charge is 0.269 e. The molecule has 3 nitrogen and oxygen atoms in total. The molecule has 0 saturated carbocycles. The third-order valence-electron chi connectivity index (χ3n) is 1.62. The van der Waals surface area contributed by atoms with Crippen LogP contribution < -0.4 is 5.56 Å². The summed E-state index contributed by atoms with van der Waals surface area (Å²) in [5.41, 5.74) is -1.70. The van der Waals surface area contributed by atoms with Gasteiger partial charge in [0.15, 0.2) is 4.96 Å². The zero-order chi connectivity index (χ0) is 10.3. The van der Waals surface area contributed by atoms with Crippen molar-refractivity contribution in [3.05, 3.63) is 33.7 Å². The van der Waals surface area contributed by atoms with Gasteiger partial charge in [-0.1, -0.05) is 0 Å². The van der Waals surface area contributed by atoms with Crippen LogP contribution in [-0.2, 0) is 6.18 Å². The molecule has 0 aliphatic carbocycles. The van der Waals surface area contributed by atoms with Crippen LogP contribution in [0, 0.1) is 0 Å². The van der Waals surface area contributed by atoms with Gasteiger partial charge in [-0.3, -0.25) is 4.79 Å². The second-order valence-electron chi connectivity index (χ2n) is 2.52. The number of aromatic nitrogens is 2. The van der Waals surface area contributed by atoms with Crippen LogP contribution in [0.15, 0.2) is 22.4 Å². The summed E-state index contributed by atoms with van der Waals surface area (Å²) in [7, 11) is 0. The van der Waals surface area contributed by atoms with Crippen molar-refractivity contribution < 1.29 is 13.2 Å². The van der Waals surface area contributed by atoms with E-state index in [0.29, 0.717) is 4.40 Å². The van der Waals surface area contributed by atoms with Gasteiger partial charge in [0, 0.05) is 17.6 Å². The summed E-state index contributed by atoms with van der Waals surface area (Å²) in [5.74, 6) is 0. The number of fused-ring (bicyclic) bond motifs is 1. The molecule has 0 amide bonds. The van der Waals surface area contributed by atoms with Crippen molar-refractivity contribution >= 4 is 16.3 Å². The maximum atomic E-state index is 12.4. The van der Waals surface area contributed by atoms with E-state index in [9.17, 15) is 18.0 Å². The number of halogens is 3. The summed E-state index contributed by atoms with van der Waals surface area (Å²) >= 11 is 0.787. The van der Waals surface area contributed by atoms with Gasteiger partial charge in [-0.25, -0.2) is 9.38 Å². The molecular weight excluding hydrogens is 217 g/mol. The van der Waals surface area contributed by atoms with Crippen LogP contribution in [-0.4, -0.2) is 9.38 Å². The highest BCUT2D eigenvalue weighted by molar-refractivity contribution is 7.15. The first kappa shape index (κ1) is 9.20. The number of hydrogen-bond donors (Lipinski definition) is 0. The Bertz CT molecular complexity index is 527. The highest BCUT2D eigenvalue weighted by Gasteiger charge is 2.34. The van der Waals surface area contributed by atoms with Gasteiger partial charge in [0.1, 0.15) is 5.69 Å². The Hall–Kier alpha value is -1.37. The number of hydrogen-bond acceptors (Lipinski definition) is 3. The first-order chi connectivity index (χ1) is 6.50. The van der Waals surface area contributed by atoms with Gasteiger partial charge < -0.3 is 0 Å². The third kappa shape index (κ3) is 1.29. The van der Waals surface area contributed by atoms with E-state index < -0.39 is 17.4 Å². The van der Waals surface area contributed by atoms with E-state index in [1.165, 1.54) is 6.20 Å². The van der Waals surface area contributed by atoms with Crippen LogP contribution in [0.4, 0.5) is 13.2 Å². The maximum absolute atomic E-state index is 12.4. The molecule has 2 aromatic heterocycles. The molecule has 2 heterocycles. The van der Waals surface area contributed by atoms with Crippen LogP contribution >= 0.6 is 11.3 Å². The summed E-state index contributed by atoms with van der Waals surface area (Å²) in [5, 5.41) is 0.879. The Morgan fingerprint density at radius 2 is 2.14 bits per heavy atom. The van der Waals surface area contributed by atoms with E-state index in [1.54, 1.807) is 0 Å². The van der Waals surface area contributed by atoms with E-state index in [1.807, 2.05) is 0 Å². The summed E-state index contributed by atoms with van der Waals surface area (Å²) in [6.07, 6.45) is -3.33. The molecule has 0 N–H and O–H groups in total. The molecule has 0 spiro atoms. The van der Waals surface area contributed by atoms with Crippen molar-refractivity contribution in [1.29, 1.82) is 0 Å². The van der Waals surface area contributed by atoms with E-state index in [0.717, 1.165) is 22.8 Å². The van der Waals surface area contributed by atoms with Gasteiger partial charge in [-0.2, -0.15) is 13.2 Å². The molecule has 2 rings (SSSR count). The fourth-order valence-corrected chi connectivity index (χ4v) is 1.92. The molecule has 0 radical (unpaired) electrons. The first-order valence-corrected chi connectivity index (χ1v) is 4.40. The Morgan fingerprint density at radius 3 is 2.79 bits per heavy atom. The molecule has 14 heavy (non-hydrogen) atoms. The molecule has 74 valence electrons. The fourth-order valence-electron chi connectivity index (χ4n) is 1.05. The minimum absolute atomic E-state index is 0.0461. The lowest BCUT2D eigenvalue weighted by Gasteiger charge is -2.03. The van der Waals surface area contributed by atoms with E-state index >= 15 is 0 Å². The van der Waals surface area contributed by atoms with E-state index in [4.69, 9.17) is 0 Å². The topological polar surface area (TPSA) is 34.4 Å². The molecule has 0 fully saturated rings. The molecular formula is C7H3F3N2OS. The lowest BCUT2D eigenvalue weighted by atomic mass is 10.4. The Labute approximate surface area is 79.4 Å². The molecule has 2 aromatic rings. The number of nitrogens with zero attached hydrogens (tertiary/aromatic N) is 2. The average molecular weight is 220 g/mol. The van der Waals surface area contributed by atoms with Crippen molar-refractivity contribution in [3.8, 4) is 0 Å². The van der Waals surface area contributed by atoms with Gasteiger partial charge in [0.25, 0.3) is 5.56 Å². The number of thiazole rings is 1. The van der Waals surface area contributed by atoms with E-state index in [-0.39, 0.29) is 4.96 Å². The minimum atomic E-state index is -4.52. The standard InChI is InChI=1S/C7H3F3N2OS/c8-7(9,10)4-3-14-6-11-2-1-5(13)12(4)6/h1-3H. The maximum Gasteiger partial charge on any atom is 0.432 e. The Kier molecular flexibility index (Phi) is 1.84. The second-order valence-corrected chi connectivity index (χ2v) is 3.36. The van der Waals surface area contributed by atoms with Crippen molar-refractivity contribution in [1.82, 2.24) is 9.38 Å². The van der Waals surface area contributed by atoms with Crippen LogP contribution in [0.2, 0.25) is 0 Å². The van der Waals surface area contributed by atoms with E-state index in [2.05, 4.69) is 4.98 Å². The molecule has 0 aliphatic rings. The van der Waals surface area contributed by atoms with Gasteiger partial charge in [0.2, 0.25) is 0 Å². The summed E-state index contributed by atoms with van der Waals surface area (Å²) in [6, 6.07) is 0.995. The van der Waals surface area contributed by atoms with Crippen LogP contribution in [0.1, 0.15) is 5.69 Å². The zero-order valence-corrected chi connectivity index (χ0v) is 7.39. The minimum Gasteiger partial charge on any atom is -0.269 e. The largest absolute Gasteiger partial charge is 0.432 e. The number of rotatable bonds is 0. The Balaban J connectivity index is 2.87. The molecule has 0 unspecified atom stereocenters. The highest BCUT2D eigenvalue weighted by Crippen LogP contribution is 2.31. The summed E-state index contributed by atoms with van der Waals surface area (Å²) in [4.78, 5) is 14.8. The van der Waals surface area contributed by atoms with Crippen LogP contribution in [0.25, 0.3) is 4.96 Å². The third-order valence-corrected chi connectivity index (χ3v) is 2.46. The van der Waals surface area contributed by atoms with Gasteiger partial charge in [-0.05, 0) is 0 Å². The van der Waals surface area contributed by atoms with Crippen molar-refractivity contribution in [2.24, 2.45) is 0 Å². The first-order valence-electron chi connectivity index (χ1n) is 3.52. The molecule has 0 aromatic carbocycles. The molecule has 0 bridgehead atoms.